The second kappa shape index (κ2) is 46.0. The molecule has 0 saturated carbocycles. The Morgan fingerprint density at radius 3 is 1.16 bits per heavy atom. The number of allylic oxidation sites excluding steroid dienone is 16. The molecule has 0 saturated heterocycles. The lowest BCUT2D eigenvalue weighted by Gasteiger charge is -2.18. The summed E-state index contributed by atoms with van der Waals surface area (Å²) in [5, 5.41) is 0. The number of unbranched alkanes of at least 4 members (excludes halogenated alkanes) is 13. The molecule has 6 nitrogen and oxygen atoms in total. The molecule has 0 fully saturated rings. The summed E-state index contributed by atoms with van der Waals surface area (Å²) in [6.45, 7) is 6.29. The fourth-order valence-electron chi connectivity index (χ4n) is 5.92. The van der Waals surface area contributed by atoms with Crippen LogP contribution in [-0.2, 0) is 28.6 Å². The maximum absolute atomic E-state index is 12.7. The molecule has 0 heterocycles. The van der Waals surface area contributed by atoms with Gasteiger partial charge in [0.1, 0.15) is 13.2 Å². The van der Waals surface area contributed by atoms with Crippen LogP contribution < -0.4 is 0 Å². The van der Waals surface area contributed by atoms with E-state index in [0.29, 0.717) is 12.8 Å². The first kappa shape index (κ1) is 54.3. The summed E-state index contributed by atoms with van der Waals surface area (Å²) < 4.78 is 16.6. The molecule has 0 aliphatic rings. The lowest BCUT2D eigenvalue weighted by atomic mass is 10.1. The van der Waals surface area contributed by atoms with Crippen molar-refractivity contribution in [2.75, 3.05) is 13.2 Å². The van der Waals surface area contributed by atoms with Crippen molar-refractivity contribution >= 4 is 17.9 Å². The van der Waals surface area contributed by atoms with Crippen LogP contribution in [0.15, 0.2) is 97.2 Å². The number of carbonyl (C=O) groups excluding carboxylic acids is 3. The normalized spacial score (nSPS) is 12.9. The average molecular weight is 805 g/mol. The highest BCUT2D eigenvalue weighted by Gasteiger charge is 2.19. The minimum Gasteiger partial charge on any atom is -0.462 e. The van der Waals surface area contributed by atoms with E-state index in [1.165, 1.54) is 44.9 Å². The Kier molecular flexibility index (Phi) is 43.1. The van der Waals surface area contributed by atoms with Crippen molar-refractivity contribution in [2.45, 2.75) is 200 Å². The molecule has 0 spiro atoms. The van der Waals surface area contributed by atoms with Crippen LogP contribution in [0.1, 0.15) is 194 Å². The van der Waals surface area contributed by atoms with Gasteiger partial charge in [0.15, 0.2) is 6.10 Å². The largest absolute Gasteiger partial charge is 0.462 e. The number of hydrogen-bond donors (Lipinski definition) is 0. The fourth-order valence-corrected chi connectivity index (χ4v) is 5.92. The van der Waals surface area contributed by atoms with Crippen molar-refractivity contribution in [1.29, 1.82) is 0 Å². The molecule has 0 aliphatic carbocycles. The molecular weight excluding hydrogens is 721 g/mol. The quantitative estimate of drug-likeness (QED) is 0.0266. The Morgan fingerprint density at radius 2 is 0.707 bits per heavy atom. The zero-order valence-corrected chi connectivity index (χ0v) is 37.3. The van der Waals surface area contributed by atoms with E-state index >= 15 is 0 Å². The van der Waals surface area contributed by atoms with Gasteiger partial charge in [0.2, 0.25) is 0 Å². The highest BCUT2D eigenvalue weighted by molar-refractivity contribution is 5.71. The highest BCUT2D eigenvalue weighted by atomic mass is 16.6. The van der Waals surface area contributed by atoms with E-state index in [1.54, 1.807) is 0 Å². The predicted molar refractivity (Wildman–Crippen MR) is 247 cm³/mol. The Morgan fingerprint density at radius 1 is 0.362 bits per heavy atom. The van der Waals surface area contributed by atoms with Crippen molar-refractivity contribution in [3.05, 3.63) is 97.2 Å². The van der Waals surface area contributed by atoms with Gasteiger partial charge < -0.3 is 14.2 Å². The van der Waals surface area contributed by atoms with Crippen LogP contribution in [-0.4, -0.2) is 37.2 Å². The van der Waals surface area contributed by atoms with Gasteiger partial charge >= 0.3 is 17.9 Å². The zero-order chi connectivity index (χ0) is 42.3. The van der Waals surface area contributed by atoms with Crippen molar-refractivity contribution in [3.63, 3.8) is 0 Å². The van der Waals surface area contributed by atoms with Crippen LogP contribution in [0.5, 0.6) is 0 Å². The Balaban J connectivity index is 4.54. The average Bonchev–Trinajstić information content (AvgIpc) is 3.22. The molecule has 0 N–H and O–H groups in total. The molecule has 0 aromatic carbocycles. The number of esters is 3. The van der Waals surface area contributed by atoms with Gasteiger partial charge in [-0.25, -0.2) is 0 Å². The van der Waals surface area contributed by atoms with Gasteiger partial charge in [-0.15, -0.1) is 0 Å². The van der Waals surface area contributed by atoms with Gasteiger partial charge in [-0.3, -0.25) is 14.4 Å². The lowest BCUT2D eigenvalue weighted by Crippen LogP contribution is -2.30. The molecular formula is C52H84O6. The molecule has 6 heteroatoms. The topological polar surface area (TPSA) is 78.9 Å². The van der Waals surface area contributed by atoms with Crippen LogP contribution in [0, 0.1) is 0 Å². The number of rotatable bonds is 40. The Bertz CT molecular complexity index is 1200. The second-order valence-corrected chi connectivity index (χ2v) is 14.9. The van der Waals surface area contributed by atoms with Gasteiger partial charge in [0, 0.05) is 19.3 Å². The molecule has 328 valence electrons. The highest BCUT2D eigenvalue weighted by Crippen LogP contribution is 2.13. The summed E-state index contributed by atoms with van der Waals surface area (Å²) in [5.41, 5.74) is 0. The van der Waals surface area contributed by atoms with Crippen molar-refractivity contribution < 1.29 is 28.6 Å². The van der Waals surface area contributed by atoms with Crippen LogP contribution in [0.25, 0.3) is 0 Å². The maximum Gasteiger partial charge on any atom is 0.306 e. The van der Waals surface area contributed by atoms with Crippen LogP contribution in [0.3, 0.4) is 0 Å². The molecule has 1 atom stereocenters. The third kappa shape index (κ3) is 43.5. The molecule has 0 bridgehead atoms. The zero-order valence-electron chi connectivity index (χ0n) is 37.3. The fraction of sp³-hybridized carbons (Fsp3) is 0.635. The van der Waals surface area contributed by atoms with E-state index in [1.807, 2.05) is 12.2 Å². The first-order valence-corrected chi connectivity index (χ1v) is 23.2. The summed E-state index contributed by atoms with van der Waals surface area (Å²) in [6.07, 6.45) is 59.7. The molecule has 0 aromatic heterocycles. The standard InChI is InChI=1S/C52H84O6/c1-4-7-10-13-16-19-22-24-26-27-29-30-33-36-39-42-45-51(54)57-48-49(47-56-50(53)44-41-38-35-32-21-18-15-12-9-6-3)58-52(55)46-43-40-37-34-31-28-25-23-20-17-14-11-8-5-2/h7-8,10-11,16-17,19-20,24-26,28-30,36,39,49H,4-6,9,12-15,18,21-23,27,31-35,37-38,40-48H2,1-3H3/b10-7-,11-8-,19-16-,20-17-,26-24-,28-25-,30-29-,39-36-. The summed E-state index contributed by atoms with van der Waals surface area (Å²) in [4.78, 5) is 37.7. The SMILES string of the molecule is CC/C=C\C/C=C\C/C=C\C/C=C\C/C=C\CCC(=O)OCC(COC(=O)CCCCCCCCCCCC)OC(=O)CCCCCC/C=C\C/C=C\C/C=C\CC. The molecule has 58 heavy (non-hydrogen) atoms. The number of ether oxygens (including phenoxy) is 3. The third-order valence-corrected chi connectivity index (χ3v) is 9.35. The minimum atomic E-state index is -0.816. The molecule has 0 radical (unpaired) electrons. The van der Waals surface area contributed by atoms with Gasteiger partial charge in [0.05, 0.1) is 0 Å². The first-order valence-electron chi connectivity index (χ1n) is 23.2. The Hall–Kier alpha value is -3.67. The molecule has 0 amide bonds. The number of hydrogen-bond acceptors (Lipinski definition) is 6. The van der Waals surface area contributed by atoms with E-state index in [4.69, 9.17) is 14.2 Å². The lowest BCUT2D eigenvalue weighted by molar-refractivity contribution is -0.166. The maximum atomic E-state index is 12.7. The predicted octanol–water partition coefficient (Wildman–Crippen LogP) is 15.0. The number of carbonyl (C=O) groups is 3. The van der Waals surface area contributed by atoms with Gasteiger partial charge in [-0.2, -0.15) is 0 Å². The van der Waals surface area contributed by atoms with E-state index < -0.39 is 6.10 Å². The molecule has 0 aromatic rings. The van der Waals surface area contributed by atoms with Crippen molar-refractivity contribution in [3.8, 4) is 0 Å². The monoisotopic (exact) mass is 805 g/mol. The molecule has 1 unspecified atom stereocenters. The van der Waals surface area contributed by atoms with Crippen molar-refractivity contribution in [1.82, 2.24) is 0 Å². The molecule has 0 aliphatic heterocycles. The van der Waals surface area contributed by atoms with E-state index in [9.17, 15) is 14.4 Å². The smallest absolute Gasteiger partial charge is 0.306 e. The summed E-state index contributed by atoms with van der Waals surface area (Å²) in [5.74, 6) is -1.03. The van der Waals surface area contributed by atoms with Crippen LogP contribution in [0.2, 0.25) is 0 Å². The van der Waals surface area contributed by atoms with E-state index in [0.717, 1.165) is 103 Å². The van der Waals surface area contributed by atoms with Gasteiger partial charge in [0.25, 0.3) is 0 Å². The van der Waals surface area contributed by atoms with Gasteiger partial charge in [-0.1, -0.05) is 189 Å². The summed E-state index contributed by atoms with van der Waals surface area (Å²) in [7, 11) is 0. The Labute approximate surface area is 356 Å². The minimum absolute atomic E-state index is 0.110. The van der Waals surface area contributed by atoms with Crippen LogP contribution in [0.4, 0.5) is 0 Å². The first-order chi connectivity index (χ1) is 28.5. The summed E-state index contributed by atoms with van der Waals surface area (Å²) in [6, 6.07) is 0. The second-order valence-electron chi connectivity index (χ2n) is 14.9. The van der Waals surface area contributed by atoms with E-state index in [-0.39, 0.29) is 44.0 Å². The van der Waals surface area contributed by atoms with Gasteiger partial charge in [-0.05, 0) is 83.5 Å². The van der Waals surface area contributed by atoms with Crippen molar-refractivity contribution in [2.24, 2.45) is 0 Å². The van der Waals surface area contributed by atoms with Crippen LogP contribution >= 0.6 is 0 Å². The molecule has 0 rings (SSSR count). The van der Waals surface area contributed by atoms with E-state index in [2.05, 4.69) is 106 Å². The third-order valence-electron chi connectivity index (χ3n) is 9.35. The summed E-state index contributed by atoms with van der Waals surface area (Å²) >= 11 is 0.